The Morgan fingerprint density at radius 2 is 2.00 bits per heavy atom. The highest BCUT2D eigenvalue weighted by atomic mass is 16.1. The highest BCUT2D eigenvalue weighted by Crippen LogP contribution is 2.17. The molecular weight excluding hydrogens is 252 g/mol. The minimum absolute atomic E-state index is 0.0436. The van der Waals surface area contributed by atoms with Crippen molar-refractivity contribution >= 4 is 11.6 Å². The monoisotopic (exact) mass is 278 g/mol. The molecule has 0 radical (unpaired) electrons. The van der Waals surface area contributed by atoms with Gasteiger partial charge in [-0.2, -0.15) is 0 Å². The summed E-state index contributed by atoms with van der Waals surface area (Å²) in [6, 6.07) is 0. The van der Waals surface area contributed by atoms with E-state index < -0.39 is 0 Å². The van der Waals surface area contributed by atoms with E-state index in [0.29, 0.717) is 23.8 Å². The van der Waals surface area contributed by atoms with Gasteiger partial charge in [0.2, 0.25) is 0 Å². The number of rotatable bonds is 5. The van der Waals surface area contributed by atoms with Gasteiger partial charge in [0.15, 0.2) is 5.69 Å². The highest BCUT2D eigenvalue weighted by molar-refractivity contribution is 5.97. The van der Waals surface area contributed by atoms with Gasteiger partial charge in [-0.1, -0.05) is 34.6 Å². The Hall–Kier alpha value is -1.65. The van der Waals surface area contributed by atoms with Crippen LogP contribution in [0.3, 0.4) is 0 Å². The predicted octanol–water partition coefficient (Wildman–Crippen LogP) is 2.81. The summed E-state index contributed by atoms with van der Waals surface area (Å²) < 4.78 is 0. The second kappa shape index (κ2) is 6.68. The van der Waals surface area contributed by atoms with Crippen molar-refractivity contribution in [1.82, 2.24) is 15.3 Å². The zero-order chi connectivity index (χ0) is 15.3. The predicted molar refractivity (Wildman–Crippen MR) is 82.1 cm³/mol. The number of carbonyl (C=O) groups is 1. The Morgan fingerprint density at radius 3 is 2.50 bits per heavy atom. The van der Waals surface area contributed by atoms with E-state index in [2.05, 4.69) is 41.4 Å². The van der Waals surface area contributed by atoms with E-state index in [1.807, 2.05) is 20.8 Å². The van der Waals surface area contributed by atoms with Crippen LogP contribution in [0.4, 0.5) is 5.69 Å². The summed E-state index contributed by atoms with van der Waals surface area (Å²) >= 11 is 0. The van der Waals surface area contributed by atoms with E-state index in [0.717, 1.165) is 6.54 Å². The second-order valence-electron chi connectivity index (χ2n) is 6.42. The van der Waals surface area contributed by atoms with Gasteiger partial charge >= 0.3 is 0 Å². The summed E-state index contributed by atoms with van der Waals surface area (Å²) in [4.78, 5) is 21.0. The fraction of sp³-hybridized carbons (Fsp3) is 0.667. The molecule has 5 nitrogen and oxygen atoms in total. The van der Waals surface area contributed by atoms with Gasteiger partial charge in [-0.05, 0) is 12.3 Å². The molecule has 1 heterocycles. The zero-order valence-electron chi connectivity index (χ0n) is 13.4. The first-order valence-electron chi connectivity index (χ1n) is 7.13. The number of nitrogens with zero attached hydrogens (tertiary/aromatic N) is 2. The first-order valence-corrected chi connectivity index (χ1v) is 7.13. The number of hydrogen-bond donors (Lipinski definition) is 2. The summed E-state index contributed by atoms with van der Waals surface area (Å²) in [5, 5.41) is 6.07. The summed E-state index contributed by atoms with van der Waals surface area (Å²) in [6.45, 7) is 13.6. The molecule has 0 fully saturated rings. The van der Waals surface area contributed by atoms with Crippen LogP contribution < -0.4 is 10.6 Å². The number of hydrogen-bond acceptors (Lipinski definition) is 4. The molecule has 0 aromatic carbocycles. The van der Waals surface area contributed by atoms with E-state index in [1.165, 1.54) is 0 Å². The van der Waals surface area contributed by atoms with Gasteiger partial charge in [0.1, 0.15) is 5.82 Å². The van der Waals surface area contributed by atoms with Gasteiger partial charge in [-0.3, -0.25) is 4.79 Å². The molecule has 0 saturated carbocycles. The van der Waals surface area contributed by atoms with Gasteiger partial charge in [0, 0.05) is 19.0 Å². The molecule has 0 unspecified atom stereocenters. The molecular formula is C15H26N4O. The summed E-state index contributed by atoms with van der Waals surface area (Å²) in [5.74, 6) is 0.729. The van der Waals surface area contributed by atoms with Crippen molar-refractivity contribution in [3.63, 3.8) is 0 Å². The van der Waals surface area contributed by atoms with Crippen LogP contribution in [0, 0.1) is 5.41 Å². The quantitative estimate of drug-likeness (QED) is 0.869. The number of amides is 1. The fourth-order valence-corrected chi connectivity index (χ4v) is 1.60. The lowest BCUT2D eigenvalue weighted by Crippen LogP contribution is -2.33. The van der Waals surface area contributed by atoms with Gasteiger partial charge in [0.05, 0.1) is 11.9 Å². The molecule has 2 N–H and O–H groups in total. The molecule has 112 valence electrons. The van der Waals surface area contributed by atoms with Gasteiger partial charge in [-0.15, -0.1) is 0 Å². The first kappa shape index (κ1) is 16.4. The Bertz CT molecular complexity index is 463. The second-order valence-corrected chi connectivity index (χ2v) is 6.42. The minimum atomic E-state index is -0.153. The van der Waals surface area contributed by atoms with Crippen molar-refractivity contribution < 1.29 is 4.79 Å². The van der Waals surface area contributed by atoms with Gasteiger partial charge in [0.25, 0.3) is 5.91 Å². The summed E-state index contributed by atoms with van der Waals surface area (Å²) in [6.07, 6.45) is 1.69. The third-order valence-corrected chi connectivity index (χ3v) is 2.69. The number of aromatic nitrogens is 2. The Labute approximate surface area is 121 Å². The van der Waals surface area contributed by atoms with Crippen LogP contribution in [0.25, 0.3) is 0 Å². The van der Waals surface area contributed by atoms with Crippen LogP contribution in [0.1, 0.15) is 63.8 Å². The van der Waals surface area contributed by atoms with Gasteiger partial charge in [-0.25, -0.2) is 9.97 Å². The molecule has 0 aliphatic carbocycles. The Morgan fingerprint density at radius 1 is 1.35 bits per heavy atom. The fourth-order valence-electron chi connectivity index (χ4n) is 1.60. The minimum Gasteiger partial charge on any atom is -0.382 e. The molecule has 0 spiro atoms. The van der Waals surface area contributed by atoms with E-state index in [1.54, 1.807) is 6.20 Å². The Kier molecular flexibility index (Phi) is 5.48. The van der Waals surface area contributed by atoms with E-state index >= 15 is 0 Å². The van der Waals surface area contributed by atoms with Crippen molar-refractivity contribution in [2.24, 2.45) is 5.41 Å². The first-order chi connectivity index (χ1) is 9.24. The molecule has 1 aromatic heterocycles. The highest BCUT2D eigenvalue weighted by Gasteiger charge is 2.18. The summed E-state index contributed by atoms with van der Waals surface area (Å²) in [7, 11) is 0. The van der Waals surface area contributed by atoms with Crippen LogP contribution in [-0.2, 0) is 0 Å². The van der Waals surface area contributed by atoms with Crippen LogP contribution >= 0.6 is 0 Å². The van der Waals surface area contributed by atoms with E-state index in [-0.39, 0.29) is 17.2 Å². The van der Waals surface area contributed by atoms with Crippen LogP contribution in [0.5, 0.6) is 0 Å². The molecule has 5 heteroatoms. The lowest BCUT2D eigenvalue weighted by molar-refractivity contribution is 0.0934. The van der Waals surface area contributed by atoms with E-state index in [9.17, 15) is 4.79 Å². The van der Waals surface area contributed by atoms with Gasteiger partial charge < -0.3 is 10.6 Å². The van der Waals surface area contributed by atoms with Crippen molar-refractivity contribution in [2.75, 3.05) is 18.4 Å². The van der Waals surface area contributed by atoms with Crippen LogP contribution in [-0.4, -0.2) is 29.0 Å². The maximum absolute atomic E-state index is 12.3. The number of nitrogens with one attached hydrogen (secondary N) is 2. The molecule has 1 amide bonds. The van der Waals surface area contributed by atoms with Crippen LogP contribution in [0.15, 0.2) is 6.20 Å². The average molecular weight is 278 g/mol. The third kappa shape index (κ3) is 4.79. The maximum Gasteiger partial charge on any atom is 0.272 e. The Balaban J connectivity index is 2.99. The summed E-state index contributed by atoms with van der Waals surface area (Å²) in [5.41, 5.74) is 1.15. The SMILES string of the molecule is CCNc1cnc(C(C)C)nc1C(=O)NCC(C)(C)C. The lowest BCUT2D eigenvalue weighted by Gasteiger charge is -2.19. The molecule has 1 aromatic rings. The largest absolute Gasteiger partial charge is 0.382 e. The maximum atomic E-state index is 12.3. The zero-order valence-corrected chi connectivity index (χ0v) is 13.4. The van der Waals surface area contributed by atoms with Crippen molar-refractivity contribution in [1.29, 1.82) is 0 Å². The molecule has 0 aliphatic heterocycles. The molecule has 0 saturated heterocycles. The van der Waals surface area contributed by atoms with Crippen molar-refractivity contribution in [3.05, 3.63) is 17.7 Å². The normalized spacial score (nSPS) is 11.6. The molecule has 0 aliphatic rings. The van der Waals surface area contributed by atoms with Crippen LogP contribution in [0.2, 0.25) is 0 Å². The standard InChI is InChI=1S/C15H26N4O/c1-7-16-11-8-17-13(10(2)3)19-12(11)14(20)18-9-15(4,5)6/h8,10,16H,7,9H2,1-6H3,(H,18,20). The topological polar surface area (TPSA) is 66.9 Å². The average Bonchev–Trinajstić information content (AvgIpc) is 2.35. The smallest absolute Gasteiger partial charge is 0.272 e. The lowest BCUT2D eigenvalue weighted by atomic mass is 9.97. The number of anilines is 1. The van der Waals surface area contributed by atoms with E-state index in [4.69, 9.17) is 0 Å². The third-order valence-electron chi connectivity index (χ3n) is 2.69. The van der Waals surface area contributed by atoms with Crippen molar-refractivity contribution in [3.8, 4) is 0 Å². The number of carbonyl (C=O) groups excluding carboxylic acids is 1. The molecule has 1 rings (SSSR count). The molecule has 0 bridgehead atoms. The molecule has 0 atom stereocenters. The molecule has 20 heavy (non-hydrogen) atoms. The van der Waals surface area contributed by atoms with Crippen molar-refractivity contribution in [2.45, 2.75) is 47.5 Å².